The van der Waals surface area contributed by atoms with Crippen molar-refractivity contribution >= 4 is 47.3 Å². The second kappa shape index (κ2) is 11.7. The second-order valence-corrected chi connectivity index (χ2v) is 6.45. The lowest BCUT2D eigenvalue weighted by atomic mass is 9.99. The summed E-state index contributed by atoms with van der Waals surface area (Å²) >= 11 is 0. The van der Waals surface area contributed by atoms with Gasteiger partial charge in [-0.2, -0.15) is 0 Å². The van der Waals surface area contributed by atoms with Crippen LogP contribution in [0.2, 0.25) is 0 Å². The number of hydrogen-bond acceptors (Lipinski definition) is 6. The number of halogens is 1. The first-order valence-electron chi connectivity index (χ1n) is 9.06. The SMILES string of the molecule is CCNC(=NCCNc1ccccc1[N+](=O)[O-])N1CC(C)C(C(=O)OC)C1.I. The largest absolute Gasteiger partial charge is 0.469 e. The number of para-hydroxylation sites is 2. The predicted molar refractivity (Wildman–Crippen MR) is 119 cm³/mol. The van der Waals surface area contributed by atoms with Crippen LogP contribution < -0.4 is 10.6 Å². The third-order valence-electron chi connectivity index (χ3n) is 4.54. The lowest BCUT2D eigenvalue weighted by Crippen LogP contribution is -2.41. The number of ether oxygens (including phenoxy) is 1. The molecule has 2 N–H and O–H groups in total. The molecule has 2 unspecified atom stereocenters. The summed E-state index contributed by atoms with van der Waals surface area (Å²) in [5.74, 6) is 0.564. The Morgan fingerprint density at radius 3 is 2.75 bits per heavy atom. The zero-order valence-electron chi connectivity index (χ0n) is 16.4. The molecule has 0 bridgehead atoms. The first kappa shape index (κ1) is 23.9. The van der Waals surface area contributed by atoms with Gasteiger partial charge in [-0.25, -0.2) is 0 Å². The van der Waals surface area contributed by atoms with Gasteiger partial charge in [-0.3, -0.25) is 19.9 Å². The Balaban J connectivity index is 0.00000392. The number of benzene rings is 1. The van der Waals surface area contributed by atoms with E-state index in [4.69, 9.17) is 4.74 Å². The fourth-order valence-electron chi connectivity index (χ4n) is 3.16. The maximum atomic E-state index is 11.9. The molecular weight excluding hydrogens is 477 g/mol. The summed E-state index contributed by atoms with van der Waals surface area (Å²) in [7, 11) is 1.41. The number of nitro benzene ring substituents is 1. The molecule has 2 rings (SSSR count). The van der Waals surface area contributed by atoms with Gasteiger partial charge in [0, 0.05) is 32.2 Å². The van der Waals surface area contributed by atoms with Crippen molar-refractivity contribution in [1.29, 1.82) is 0 Å². The van der Waals surface area contributed by atoms with Crippen molar-refractivity contribution in [2.45, 2.75) is 13.8 Å². The molecule has 0 spiro atoms. The molecule has 1 fully saturated rings. The number of nitrogens with one attached hydrogen (secondary N) is 2. The Kier molecular flexibility index (Phi) is 9.97. The summed E-state index contributed by atoms with van der Waals surface area (Å²) in [6.45, 7) is 6.93. The van der Waals surface area contributed by atoms with Crippen molar-refractivity contribution in [3.05, 3.63) is 34.4 Å². The van der Waals surface area contributed by atoms with Gasteiger partial charge in [-0.15, -0.1) is 24.0 Å². The van der Waals surface area contributed by atoms with Crippen LogP contribution in [-0.4, -0.2) is 61.6 Å². The predicted octanol–water partition coefficient (Wildman–Crippen LogP) is 2.33. The van der Waals surface area contributed by atoms with E-state index in [0.717, 1.165) is 12.5 Å². The fourth-order valence-corrected chi connectivity index (χ4v) is 3.16. The number of rotatable bonds is 7. The van der Waals surface area contributed by atoms with Crippen LogP contribution in [0.5, 0.6) is 0 Å². The Morgan fingerprint density at radius 2 is 2.11 bits per heavy atom. The average molecular weight is 505 g/mol. The lowest BCUT2D eigenvalue weighted by Gasteiger charge is -2.21. The third-order valence-corrected chi connectivity index (χ3v) is 4.54. The molecule has 1 saturated heterocycles. The molecule has 10 heteroatoms. The van der Waals surface area contributed by atoms with E-state index < -0.39 is 4.92 Å². The summed E-state index contributed by atoms with van der Waals surface area (Å²) in [5, 5.41) is 17.3. The molecule has 1 aromatic rings. The van der Waals surface area contributed by atoms with Gasteiger partial charge in [-0.05, 0) is 18.9 Å². The molecule has 1 aromatic carbocycles. The number of nitrogens with zero attached hydrogens (tertiary/aromatic N) is 3. The first-order valence-corrected chi connectivity index (χ1v) is 9.06. The third kappa shape index (κ3) is 6.21. The molecular formula is C18H28IN5O4. The van der Waals surface area contributed by atoms with Crippen LogP contribution in [0.25, 0.3) is 0 Å². The molecule has 156 valence electrons. The summed E-state index contributed by atoms with van der Waals surface area (Å²) < 4.78 is 4.88. The van der Waals surface area contributed by atoms with Crippen molar-refractivity contribution in [1.82, 2.24) is 10.2 Å². The molecule has 28 heavy (non-hydrogen) atoms. The maximum Gasteiger partial charge on any atom is 0.310 e. The Morgan fingerprint density at radius 1 is 1.39 bits per heavy atom. The number of guanidine groups is 1. The highest BCUT2D eigenvalue weighted by atomic mass is 127. The van der Waals surface area contributed by atoms with Crippen LogP contribution >= 0.6 is 24.0 Å². The van der Waals surface area contributed by atoms with Crippen molar-refractivity contribution in [3.8, 4) is 0 Å². The van der Waals surface area contributed by atoms with E-state index >= 15 is 0 Å². The van der Waals surface area contributed by atoms with Crippen LogP contribution in [0, 0.1) is 22.0 Å². The molecule has 0 saturated carbocycles. The van der Waals surface area contributed by atoms with E-state index in [1.54, 1.807) is 18.2 Å². The van der Waals surface area contributed by atoms with Crippen molar-refractivity contribution in [3.63, 3.8) is 0 Å². The minimum atomic E-state index is -0.408. The monoisotopic (exact) mass is 505 g/mol. The van der Waals surface area contributed by atoms with Crippen LogP contribution in [-0.2, 0) is 9.53 Å². The molecule has 1 aliphatic heterocycles. The number of carbonyl (C=O) groups is 1. The molecule has 9 nitrogen and oxygen atoms in total. The van der Waals surface area contributed by atoms with Crippen molar-refractivity contribution in [2.24, 2.45) is 16.8 Å². The summed E-state index contributed by atoms with van der Waals surface area (Å²) in [5.41, 5.74) is 0.519. The van der Waals surface area contributed by atoms with Crippen LogP contribution in [0.1, 0.15) is 13.8 Å². The van der Waals surface area contributed by atoms with Crippen molar-refractivity contribution in [2.75, 3.05) is 45.2 Å². The van der Waals surface area contributed by atoms with Gasteiger partial charge in [-0.1, -0.05) is 19.1 Å². The standard InChI is InChI=1S/C18H27N5O4.HI/c1-4-19-18(22-11-13(2)14(12-22)17(24)27-3)21-10-9-20-15-7-5-6-8-16(15)23(25)26;/h5-8,13-14,20H,4,9-12H2,1-3H3,(H,19,21);1H. The fraction of sp³-hybridized carbons (Fsp3) is 0.556. The van der Waals surface area contributed by atoms with Gasteiger partial charge in [0.2, 0.25) is 0 Å². The number of nitro groups is 1. The molecule has 1 aliphatic rings. The van der Waals surface area contributed by atoms with Gasteiger partial charge < -0.3 is 20.3 Å². The molecule has 2 atom stereocenters. The van der Waals surface area contributed by atoms with E-state index in [9.17, 15) is 14.9 Å². The molecule has 0 aromatic heterocycles. The number of hydrogen-bond donors (Lipinski definition) is 2. The van der Waals surface area contributed by atoms with Gasteiger partial charge in [0.1, 0.15) is 5.69 Å². The Bertz CT molecular complexity index is 700. The maximum absolute atomic E-state index is 11.9. The minimum Gasteiger partial charge on any atom is -0.469 e. The normalized spacial score (nSPS) is 19.0. The van der Waals surface area contributed by atoms with E-state index in [1.165, 1.54) is 13.2 Å². The number of likely N-dealkylation sites (tertiary alicyclic amines) is 1. The first-order chi connectivity index (χ1) is 13.0. The van der Waals surface area contributed by atoms with Gasteiger partial charge in [0.05, 0.1) is 24.5 Å². The molecule has 0 aliphatic carbocycles. The summed E-state index contributed by atoms with van der Waals surface area (Å²) in [6, 6.07) is 6.53. The lowest BCUT2D eigenvalue weighted by molar-refractivity contribution is -0.384. The molecule has 1 heterocycles. The minimum absolute atomic E-state index is 0. The highest BCUT2D eigenvalue weighted by Gasteiger charge is 2.36. The van der Waals surface area contributed by atoms with Crippen LogP contribution in [0.3, 0.4) is 0 Å². The van der Waals surface area contributed by atoms with E-state index in [0.29, 0.717) is 31.9 Å². The van der Waals surface area contributed by atoms with E-state index in [1.807, 2.05) is 13.8 Å². The highest BCUT2D eigenvalue weighted by Crippen LogP contribution is 2.24. The van der Waals surface area contributed by atoms with Crippen molar-refractivity contribution < 1.29 is 14.5 Å². The Hall–Kier alpha value is -2.11. The number of anilines is 1. The van der Waals surface area contributed by atoms with E-state index in [-0.39, 0.29) is 47.5 Å². The summed E-state index contributed by atoms with van der Waals surface area (Å²) in [4.78, 5) is 29.2. The molecule has 0 radical (unpaired) electrons. The quantitative estimate of drug-likeness (QED) is 0.111. The van der Waals surface area contributed by atoms with Gasteiger partial charge in [0.25, 0.3) is 5.69 Å². The summed E-state index contributed by atoms with van der Waals surface area (Å²) in [6.07, 6.45) is 0. The highest BCUT2D eigenvalue weighted by molar-refractivity contribution is 14.0. The smallest absolute Gasteiger partial charge is 0.310 e. The van der Waals surface area contributed by atoms with Crippen LogP contribution in [0.4, 0.5) is 11.4 Å². The Labute approximate surface area is 182 Å². The zero-order chi connectivity index (χ0) is 19.8. The number of carbonyl (C=O) groups excluding carboxylic acids is 1. The topological polar surface area (TPSA) is 109 Å². The number of esters is 1. The molecule has 0 amide bonds. The van der Waals surface area contributed by atoms with Gasteiger partial charge >= 0.3 is 5.97 Å². The average Bonchev–Trinajstić information content (AvgIpc) is 3.05. The zero-order valence-corrected chi connectivity index (χ0v) is 18.7. The van der Waals surface area contributed by atoms with E-state index in [2.05, 4.69) is 20.5 Å². The number of aliphatic imine (C=N–C) groups is 1. The van der Waals surface area contributed by atoms with Gasteiger partial charge in [0.15, 0.2) is 5.96 Å². The number of methoxy groups -OCH3 is 1. The van der Waals surface area contributed by atoms with Crippen LogP contribution in [0.15, 0.2) is 29.3 Å². The second-order valence-electron chi connectivity index (χ2n) is 6.45.